The predicted octanol–water partition coefficient (Wildman–Crippen LogP) is 3.72. The van der Waals surface area contributed by atoms with Crippen LogP contribution >= 0.6 is 0 Å². The molecule has 1 saturated heterocycles. The van der Waals surface area contributed by atoms with Crippen LogP contribution in [0, 0.1) is 11.8 Å². The number of rotatable bonds is 10. The molecule has 1 N–H and O–H groups in total. The summed E-state index contributed by atoms with van der Waals surface area (Å²) in [7, 11) is 1.31. The van der Waals surface area contributed by atoms with Crippen molar-refractivity contribution in [1.82, 2.24) is 0 Å². The van der Waals surface area contributed by atoms with Gasteiger partial charge in [0.05, 0.1) is 13.2 Å². The van der Waals surface area contributed by atoms with E-state index in [2.05, 4.69) is 23.2 Å². The molecule has 1 unspecified atom stereocenters. The van der Waals surface area contributed by atoms with Crippen LogP contribution in [0.4, 0.5) is 0 Å². The summed E-state index contributed by atoms with van der Waals surface area (Å²) in [5, 5.41) is 10.6. The van der Waals surface area contributed by atoms with Crippen molar-refractivity contribution >= 4 is 5.97 Å². The van der Waals surface area contributed by atoms with Crippen LogP contribution in [0.25, 0.3) is 0 Å². The number of aliphatic hydroxyl groups is 1. The number of carbonyl (C=O) groups excluding carboxylic acids is 1. The van der Waals surface area contributed by atoms with Crippen LogP contribution < -0.4 is 4.74 Å². The van der Waals surface area contributed by atoms with E-state index in [4.69, 9.17) is 14.2 Å². The average molecular weight is 417 g/mol. The summed E-state index contributed by atoms with van der Waals surface area (Å²) >= 11 is 0. The van der Waals surface area contributed by atoms with E-state index in [1.807, 2.05) is 6.92 Å². The van der Waals surface area contributed by atoms with E-state index in [-0.39, 0.29) is 19.0 Å². The molecule has 0 aliphatic carbocycles. The second-order valence-corrected chi connectivity index (χ2v) is 7.19. The van der Waals surface area contributed by atoms with E-state index < -0.39 is 12.1 Å². The van der Waals surface area contributed by atoms with Crippen LogP contribution in [0.3, 0.4) is 0 Å². The molecule has 1 aliphatic heterocycles. The first-order valence-electron chi connectivity index (χ1n) is 10.4. The molecule has 0 spiro atoms. The third kappa shape index (κ3) is 7.83. The zero-order chi connectivity index (χ0) is 21.8. The fraction of sp³-hybridized carbons (Fsp3) is 0.542. The highest BCUT2D eigenvalue weighted by Crippen LogP contribution is 2.28. The van der Waals surface area contributed by atoms with Gasteiger partial charge in [-0.1, -0.05) is 24.1 Å². The molecule has 0 saturated carbocycles. The Morgan fingerprint density at radius 3 is 2.97 bits per heavy atom. The molecule has 0 bridgehead atoms. The van der Waals surface area contributed by atoms with Gasteiger partial charge in [-0.3, -0.25) is 0 Å². The SMILES string of the molecule is C=CCc1c(OCC(=O)OC)cccc1[C@@H](O)C#CCC[C@H](C)OC1CCCCO1. The van der Waals surface area contributed by atoms with Crippen molar-refractivity contribution in [2.45, 2.75) is 63.9 Å². The molecule has 1 aromatic carbocycles. The first-order chi connectivity index (χ1) is 14.5. The van der Waals surface area contributed by atoms with Gasteiger partial charge in [0.2, 0.25) is 0 Å². The molecular weight excluding hydrogens is 384 g/mol. The average Bonchev–Trinajstić information content (AvgIpc) is 2.76. The maximum absolute atomic E-state index is 11.4. The maximum atomic E-state index is 11.4. The standard InChI is InChI=1S/C24H32O6/c1-4-10-20-19(12-9-14-22(20)29-17-23(26)27-3)21(25)13-6-5-11-18(2)30-24-15-7-8-16-28-24/h4,9,12,14,18,21,24-25H,1,5,7-8,10-11,15-17H2,2-3H3/t18-,21-,24?/m0/s1. The molecular formula is C24H32O6. The lowest BCUT2D eigenvalue weighted by Crippen LogP contribution is -2.26. The lowest BCUT2D eigenvalue weighted by atomic mass is 9.98. The Labute approximate surface area is 179 Å². The van der Waals surface area contributed by atoms with Gasteiger partial charge in [-0.2, -0.15) is 0 Å². The molecule has 3 atom stereocenters. The fourth-order valence-electron chi connectivity index (χ4n) is 3.20. The number of hydrogen-bond acceptors (Lipinski definition) is 6. The smallest absolute Gasteiger partial charge is 0.343 e. The molecule has 6 nitrogen and oxygen atoms in total. The zero-order valence-electron chi connectivity index (χ0n) is 17.9. The molecule has 2 rings (SSSR count). The molecule has 1 fully saturated rings. The number of benzene rings is 1. The maximum Gasteiger partial charge on any atom is 0.343 e. The minimum Gasteiger partial charge on any atom is -0.482 e. The number of carbonyl (C=O) groups is 1. The second kappa shape index (κ2) is 13.1. The minimum absolute atomic E-state index is 0.0471. The number of hydrogen-bond donors (Lipinski definition) is 1. The predicted molar refractivity (Wildman–Crippen MR) is 114 cm³/mol. The molecule has 1 heterocycles. The first kappa shape index (κ1) is 23.9. The quantitative estimate of drug-likeness (QED) is 0.356. The van der Waals surface area contributed by atoms with Crippen molar-refractivity contribution in [2.24, 2.45) is 0 Å². The van der Waals surface area contributed by atoms with E-state index in [1.165, 1.54) is 7.11 Å². The van der Waals surface area contributed by atoms with Gasteiger partial charge in [-0.05, 0) is 50.7 Å². The lowest BCUT2D eigenvalue weighted by molar-refractivity contribution is -0.185. The van der Waals surface area contributed by atoms with Gasteiger partial charge in [-0.15, -0.1) is 12.5 Å². The Kier molecular flexibility index (Phi) is 10.4. The highest BCUT2D eigenvalue weighted by Gasteiger charge is 2.17. The molecule has 0 radical (unpaired) electrons. The van der Waals surface area contributed by atoms with Crippen molar-refractivity contribution < 1.29 is 28.8 Å². The highest BCUT2D eigenvalue weighted by molar-refractivity contribution is 5.71. The largest absolute Gasteiger partial charge is 0.482 e. The van der Waals surface area contributed by atoms with Gasteiger partial charge in [0.1, 0.15) is 11.9 Å². The normalized spacial score (nSPS) is 17.9. The van der Waals surface area contributed by atoms with E-state index in [1.54, 1.807) is 24.3 Å². The number of ether oxygens (including phenoxy) is 4. The van der Waals surface area contributed by atoms with Crippen molar-refractivity contribution in [3.63, 3.8) is 0 Å². The summed E-state index contributed by atoms with van der Waals surface area (Å²) in [5.74, 6) is 5.97. The van der Waals surface area contributed by atoms with Gasteiger partial charge in [-0.25, -0.2) is 4.79 Å². The Morgan fingerprint density at radius 2 is 2.27 bits per heavy atom. The number of allylic oxidation sites excluding steroid dienone is 1. The van der Waals surface area contributed by atoms with Gasteiger partial charge >= 0.3 is 5.97 Å². The molecule has 6 heteroatoms. The van der Waals surface area contributed by atoms with Crippen molar-refractivity contribution in [3.8, 4) is 17.6 Å². The Balaban J connectivity index is 1.94. The fourth-order valence-corrected chi connectivity index (χ4v) is 3.20. The Bertz CT molecular complexity index is 742. The van der Waals surface area contributed by atoms with E-state index in [0.29, 0.717) is 24.2 Å². The van der Waals surface area contributed by atoms with Gasteiger partial charge < -0.3 is 24.1 Å². The minimum atomic E-state index is -0.959. The Morgan fingerprint density at radius 1 is 1.43 bits per heavy atom. The number of methoxy groups -OCH3 is 1. The zero-order valence-corrected chi connectivity index (χ0v) is 17.9. The monoisotopic (exact) mass is 416 g/mol. The highest BCUT2D eigenvalue weighted by atomic mass is 16.7. The van der Waals surface area contributed by atoms with Crippen LogP contribution in [-0.2, 0) is 25.4 Å². The molecule has 164 valence electrons. The van der Waals surface area contributed by atoms with Gasteiger partial charge in [0.15, 0.2) is 12.9 Å². The Hall–Kier alpha value is -2.33. The summed E-state index contributed by atoms with van der Waals surface area (Å²) in [4.78, 5) is 11.4. The number of esters is 1. The summed E-state index contributed by atoms with van der Waals surface area (Å²) in [5.41, 5.74) is 1.40. The van der Waals surface area contributed by atoms with Gasteiger partial charge in [0, 0.05) is 18.6 Å². The summed E-state index contributed by atoms with van der Waals surface area (Å²) < 4.78 is 21.6. The van der Waals surface area contributed by atoms with Crippen LogP contribution in [-0.4, -0.2) is 43.8 Å². The van der Waals surface area contributed by atoms with Crippen molar-refractivity contribution in [3.05, 3.63) is 42.0 Å². The van der Waals surface area contributed by atoms with Gasteiger partial charge in [0.25, 0.3) is 0 Å². The van der Waals surface area contributed by atoms with Crippen LogP contribution in [0.5, 0.6) is 5.75 Å². The molecule has 0 amide bonds. The topological polar surface area (TPSA) is 74.2 Å². The second-order valence-electron chi connectivity index (χ2n) is 7.19. The number of aliphatic hydroxyl groups excluding tert-OH is 1. The molecule has 1 aliphatic rings. The van der Waals surface area contributed by atoms with E-state index in [0.717, 1.165) is 37.9 Å². The summed E-state index contributed by atoms with van der Waals surface area (Å²) in [6, 6.07) is 5.31. The van der Waals surface area contributed by atoms with Crippen LogP contribution in [0.2, 0.25) is 0 Å². The van der Waals surface area contributed by atoms with Crippen molar-refractivity contribution in [2.75, 3.05) is 20.3 Å². The summed E-state index contributed by atoms with van der Waals surface area (Å²) in [6.07, 6.45) is 5.73. The van der Waals surface area contributed by atoms with Crippen LogP contribution in [0.1, 0.15) is 56.3 Å². The third-order valence-electron chi connectivity index (χ3n) is 4.82. The lowest BCUT2D eigenvalue weighted by Gasteiger charge is -2.25. The van der Waals surface area contributed by atoms with Crippen LogP contribution in [0.15, 0.2) is 30.9 Å². The van der Waals surface area contributed by atoms with Crippen molar-refractivity contribution in [1.29, 1.82) is 0 Å². The van der Waals surface area contributed by atoms with E-state index in [9.17, 15) is 9.90 Å². The summed E-state index contributed by atoms with van der Waals surface area (Å²) in [6.45, 7) is 6.34. The first-order valence-corrected chi connectivity index (χ1v) is 10.4. The third-order valence-corrected chi connectivity index (χ3v) is 4.82. The molecule has 0 aromatic heterocycles. The van der Waals surface area contributed by atoms with E-state index >= 15 is 0 Å². The molecule has 1 aromatic rings. The molecule has 30 heavy (non-hydrogen) atoms.